The molecule has 1 fully saturated rings. The Labute approximate surface area is 203 Å². The van der Waals surface area contributed by atoms with Crippen LogP contribution in [0.4, 0.5) is 30.7 Å². The average molecular weight is 562 g/mol. The Morgan fingerprint density at radius 2 is 1.50 bits per heavy atom. The van der Waals surface area contributed by atoms with Crippen LogP contribution >= 0.6 is 0 Å². The summed E-state index contributed by atoms with van der Waals surface area (Å²) in [6.45, 7) is 0.0219. The van der Waals surface area contributed by atoms with Crippen LogP contribution in [0.15, 0.2) is 0 Å². The van der Waals surface area contributed by atoms with Gasteiger partial charge in [0, 0.05) is 6.42 Å². The monoisotopic (exact) mass is 562 g/mol. The second-order valence-corrected chi connectivity index (χ2v) is 9.82. The molecule has 1 saturated carbocycles. The van der Waals surface area contributed by atoms with E-state index in [2.05, 4.69) is 14.2 Å². The first kappa shape index (κ1) is 32.3. The topological polar surface area (TPSA) is 116 Å². The molecule has 0 saturated heterocycles. The van der Waals surface area contributed by atoms with Crippen LogP contribution in [0.5, 0.6) is 0 Å². The van der Waals surface area contributed by atoms with Crippen molar-refractivity contribution in [3.8, 4) is 0 Å². The average Bonchev–Trinajstić information content (AvgIpc) is 2.76. The molecule has 1 unspecified atom stereocenters. The number of hydrogen-bond donors (Lipinski definition) is 1. The van der Waals surface area contributed by atoms with Gasteiger partial charge in [0.2, 0.25) is 0 Å². The summed E-state index contributed by atoms with van der Waals surface area (Å²) in [7, 11) is -6.47. The number of carbonyl (C=O) groups excluding carboxylic acids is 2. The standard InChI is InChI=1S/C20H29F7O8S/c1-2-3-12-33-16(29)18(19(23,24)25,35-15(28)14-9-5-4-6-10-14)34-13-8-7-11-17(21,22)20(26,27)36(30,31)32/h14H,2-13H2,1H3,(H,30,31,32). The molecular formula is C20H29F7O8S. The van der Waals surface area contributed by atoms with Gasteiger partial charge in [-0.15, -0.1) is 0 Å². The van der Waals surface area contributed by atoms with Gasteiger partial charge in [0.1, 0.15) is 0 Å². The zero-order chi connectivity index (χ0) is 27.8. The third-order valence-corrected chi connectivity index (χ3v) is 6.44. The highest BCUT2D eigenvalue weighted by molar-refractivity contribution is 7.87. The highest BCUT2D eigenvalue weighted by Crippen LogP contribution is 2.42. The number of alkyl halides is 7. The van der Waals surface area contributed by atoms with E-state index in [-0.39, 0.29) is 19.3 Å². The third kappa shape index (κ3) is 7.91. The Morgan fingerprint density at radius 3 is 2.00 bits per heavy atom. The lowest BCUT2D eigenvalue weighted by Gasteiger charge is -2.34. The molecule has 1 rings (SSSR count). The predicted molar refractivity (Wildman–Crippen MR) is 109 cm³/mol. The van der Waals surface area contributed by atoms with Crippen molar-refractivity contribution >= 4 is 22.1 Å². The maximum Gasteiger partial charge on any atom is 0.468 e. The zero-order valence-corrected chi connectivity index (χ0v) is 20.2. The van der Waals surface area contributed by atoms with E-state index in [1.807, 2.05) is 0 Å². The lowest BCUT2D eigenvalue weighted by atomic mass is 9.89. The van der Waals surface area contributed by atoms with Crippen molar-refractivity contribution in [1.82, 2.24) is 0 Å². The van der Waals surface area contributed by atoms with Gasteiger partial charge in [0.05, 0.1) is 19.1 Å². The van der Waals surface area contributed by atoms with E-state index in [1.54, 1.807) is 6.92 Å². The first-order valence-electron chi connectivity index (χ1n) is 11.3. The van der Waals surface area contributed by atoms with E-state index in [0.29, 0.717) is 19.3 Å². The highest BCUT2D eigenvalue weighted by Gasteiger charge is 2.68. The van der Waals surface area contributed by atoms with E-state index >= 15 is 0 Å². The molecule has 1 atom stereocenters. The van der Waals surface area contributed by atoms with Gasteiger partial charge in [-0.2, -0.15) is 39.2 Å². The number of rotatable bonds is 14. The van der Waals surface area contributed by atoms with Gasteiger partial charge in [-0.25, -0.2) is 4.79 Å². The summed E-state index contributed by atoms with van der Waals surface area (Å²) in [4.78, 5) is 24.9. The fourth-order valence-electron chi connectivity index (χ4n) is 3.35. The minimum atomic E-state index is -6.47. The second-order valence-electron chi connectivity index (χ2n) is 8.36. The van der Waals surface area contributed by atoms with Crippen molar-refractivity contribution in [1.29, 1.82) is 0 Å². The maximum atomic E-state index is 14.0. The van der Waals surface area contributed by atoms with Crippen molar-refractivity contribution in [2.24, 2.45) is 5.92 Å². The zero-order valence-electron chi connectivity index (χ0n) is 19.4. The van der Waals surface area contributed by atoms with Crippen molar-refractivity contribution in [2.45, 2.75) is 94.3 Å². The molecule has 1 aliphatic carbocycles. The van der Waals surface area contributed by atoms with Crippen molar-refractivity contribution < 1.29 is 67.5 Å². The Morgan fingerprint density at radius 1 is 0.917 bits per heavy atom. The summed E-state index contributed by atoms with van der Waals surface area (Å²) in [6.07, 6.45) is -6.43. The van der Waals surface area contributed by atoms with Crippen molar-refractivity contribution in [3.63, 3.8) is 0 Å². The number of unbranched alkanes of at least 4 members (excludes halogenated alkanes) is 2. The molecule has 0 heterocycles. The molecular weight excluding hydrogens is 533 g/mol. The largest absolute Gasteiger partial charge is 0.468 e. The van der Waals surface area contributed by atoms with Crippen LogP contribution < -0.4 is 0 Å². The summed E-state index contributed by atoms with van der Waals surface area (Å²) in [5, 5.41) is -5.84. The number of esters is 2. The Bertz CT molecular complexity index is 841. The molecule has 16 heteroatoms. The van der Waals surface area contributed by atoms with Crippen LogP contribution in [-0.2, 0) is 33.9 Å². The normalized spacial score (nSPS) is 17.9. The Hall–Kier alpha value is -1.68. The second kappa shape index (κ2) is 12.7. The summed E-state index contributed by atoms with van der Waals surface area (Å²) in [6, 6.07) is 0. The molecule has 0 spiro atoms. The predicted octanol–water partition coefficient (Wildman–Crippen LogP) is 5.01. The van der Waals surface area contributed by atoms with Gasteiger partial charge in [-0.1, -0.05) is 32.6 Å². The molecule has 212 valence electrons. The molecule has 1 aliphatic rings. The number of ether oxygens (including phenoxy) is 3. The van der Waals surface area contributed by atoms with Crippen LogP contribution in [0.25, 0.3) is 0 Å². The van der Waals surface area contributed by atoms with Crippen LogP contribution in [0.3, 0.4) is 0 Å². The van der Waals surface area contributed by atoms with Crippen LogP contribution in [0.2, 0.25) is 0 Å². The van der Waals surface area contributed by atoms with Gasteiger partial charge >= 0.3 is 45.2 Å². The summed E-state index contributed by atoms with van der Waals surface area (Å²) in [5.74, 6) is -13.9. The van der Waals surface area contributed by atoms with Crippen molar-refractivity contribution in [3.05, 3.63) is 0 Å². The van der Waals surface area contributed by atoms with E-state index in [9.17, 15) is 48.7 Å². The summed E-state index contributed by atoms with van der Waals surface area (Å²) < 4.78 is 139. The smallest absolute Gasteiger partial charge is 0.461 e. The molecule has 0 aromatic carbocycles. The van der Waals surface area contributed by atoms with Crippen LogP contribution in [0.1, 0.15) is 71.1 Å². The fourth-order valence-corrected chi connectivity index (χ4v) is 3.83. The lowest BCUT2D eigenvalue weighted by molar-refractivity contribution is -0.357. The molecule has 8 nitrogen and oxygen atoms in total. The molecule has 1 N–H and O–H groups in total. The molecule has 0 bridgehead atoms. The first-order valence-corrected chi connectivity index (χ1v) is 12.7. The first-order chi connectivity index (χ1) is 16.4. The Kier molecular flexibility index (Phi) is 11.4. The molecule has 0 amide bonds. The van der Waals surface area contributed by atoms with E-state index < -0.39 is 83.6 Å². The van der Waals surface area contributed by atoms with E-state index in [1.165, 1.54) is 0 Å². The van der Waals surface area contributed by atoms with Gasteiger partial charge in [0.25, 0.3) is 0 Å². The maximum absolute atomic E-state index is 14.0. The molecule has 36 heavy (non-hydrogen) atoms. The molecule has 0 aromatic rings. The van der Waals surface area contributed by atoms with Crippen LogP contribution in [-0.4, -0.2) is 61.3 Å². The minimum absolute atomic E-state index is 0.174. The van der Waals surface area contributed by atoms with E-state index in [4.69, 9.17) is 4.55 Å². The van der Waals surface area contributed by atoms with Crippen molar-refractivity contribution in [2.75, 3.05) is 13.2 Å². The number of hydrogen-bond acceptors (Lipinski definition) is 7. The number of carbonyl (C=O) groups is 2. The Balaban J connectivity index is 3.00. The van der Waals surface area contributed by atoms with E-state index in [0.717, 1.165) is 6.42 Å². The fraction of sp³-hybridized carbons (Fsp3) is 0.900. The number of halogens is 7. The van der Waals surface area contributed by atoms with Gasteiger partial charge in [-0.05, 0) is 32.1 Å². The van der Waals surface area contributed by atoms with Gasteiger partial charge in [0.15, 0.2) is 0 Å². The third-order valence-electron chi connectivity index (χ3n) is 5.50. The summed E-state index contributed by atoms with van der Waals surface area (Å²) in [5.41, 5.74) is 0. The van der Waals surface area contributed by atoms with Gasteiger partial charge in [-0.3, -0.25) is 9.35 Å². The molecule has 0 aliphatic heterocycles. The van der Waals surface area contributed by atoms with Crippen LogP contribution in [0, 0.1) is 5.92 Å². The molecule has 0 radical (unpaired) electrons. The molecule has 0 aromatic heterocycles. The highest BCUT2D eigenvalue weighted by atomic mass is 32.2. The summed E-state index contributed by atoms with van der Waals surface area (Å²) >= 11 is 0. The van der Waals surface area contributed by atoms with Gasteiger partial charge < -0.3 is 14.2 Å². The lowest BCUT2D eigenvalue weighted by Crippen LogP contribution is -2.59. The quantitative estimate of drug-likeness (QED) is 0.103. The SMILES string of the molecule is CCCCOC(=O)C(OCCCCC(F)(F)C(F)(F)S(=O)(=O)O)(OC(=O)C1CCCCC1)C(F)(F)F. The minimum Gasteiger partial charge on any atom is -0.461 e.